The predicted molar refractivity (Wildman–Crippen MR) is 170 cm³/mol. The SMILES string of the molecule is CCCCCCCCCCCCCC(=O)OCC[N+](C)(C)CCOC(=O)CCC12COC(CCCCCCC)(OC1)OC2. The molecule has 0 atom stereocenters. The Bertz CT molecular complexity index is 732. The largest absolute Gasteiger partial charge is 0.460 e. The van der Waals surface area contributed by atoms with E-state index in [1.807, 2.05) is 0 Å². The second-order valence-electron chi connectivity index (χ2n) is 13.8. The third-order valence-corrected chi connectivity index (χ3v) is 9.14. The van der Waals surface area contributed by atoms with Crippen LogP contribution in [-0.2, 0) is 33.3 Å². The average molecular weight is 613 g/mol. The number of likely N-dealkylation sites (N-methyl/N-ethyl adjacent to an activating group) is 1. The summed E-state index contributed by atoms with van der Waals surface area (Å²) in [4.78, 5) is 24.6. The zero-order valence-corrected chi connectivity index (χ0v) is 28.4. The summed E-state index contributed by atoms with van der Waals surface area (Å²) in [5.74, 6) is -1.18. The van der Waals surface area contributed by atoms with Gasteiger partial charge < -0.3 is 28.2 Å². The van der Waals surface area contributed by atoms with Gasteiger partial charge in [-0.15, -0.1) is 0 Å². The van der Waals surface area contributed by atoms with E-state index in [4.69, 9.17) is 23.7 Å². The molecule has 8 nitrogen and oxygen atoms in total. The molecule has 3 fully saturated rings. The second kappa shape index (κ2) is 21.5. The fourth-order valence-corrected chi connectivity index (χ4v) is 5.79. The summed E-state index contributed by atoms with van der Waals surface area (Å²) >= 11 is 0. The molecule has 0 saturated carbocycles. The Kier molecular flexibility index (Phi) is 19.0. The van der Waals surface area contributed by atoms with Crippen molar-refractivity contribution < 1.29 is 37.8 Å². The van der Waals surface area contributed by atoms with Crippen LogP contribution < -0.4 is 0 Å². The molecule has 3 aliphatic heterocycles. The summed E-state index contributed by atoms with van der Waals surface area (Å²) in [5.41, 5.74) is -0.268. The number of ether oxygens (including phenoxy) is 5. The fraction of sp³-hybridized carbons (Fsp3) is 0.943. The van der Waals surface area contributed by atoms with Crippen LogP contribution >= 0.6 is 0 Å². The maximum absolute atomic E-state index is 12.5. The molecule has 3 saturated heterocycles. The first-order valence-corrected chi connectivity index (χ1v) is 17.8. The summed E-state index contributed by atoms with van der Waals surface area (Å²) in [6.45, 7) is 8.27. The van der Waals surface area contributed by atoms with E-state index in [1.165, 1.54) is 83.5 Å². The van der Waals surface area contributed by atoms with E-state index in [2.05, 4.69) is 27.9 Å². The zero-order chi connectivity index (χ0) is 31.3. The standard InChI is InChI=1S/C35H66NO7/c1-5-7-9-11-12-13-14-15-16-17-19-21-32(37)39-27-25-36(3,4)26-28-40-33(38)22-24-34-29-41-35(42-30-34,43-31-34)23-20-18-10-8-6-2/h5-31H2,1-4H3/q+1. The van der Waals surface area contributed by atoms with Gasteiger partial charge in [0.1, 0.15) is 26.3 Å². The van der Waals surface area contributed by atoms with Crippen LogP contribution in [0.2, 0.25) is 0 Å². The number of fused-ring (bicyclic) bond motifs is 3. The Balaban J connectivity index is 1.45. The highest BCUT2D eigenvalue weighted by Crippen LogP contribution is 2.43. The summed E-state index contributed by atoms with van der Waals surface area (Å²) < 4.78 is 29.7. The third kappa shape index (κ3) is 16.6. The number of unbranched alkanes of at least 4 members (excludes halogenated alkanes) is 14. The monoisotopic (exact) mass is 612 g/mol. The van der Waals surface area contributed by atoms with Gasteiger partial charge in [0.05, 0.1) is 33.9 Å². The topological polar surface area (TPSA) is 80.3 Å². The van der Waals surface area contributed by atoms with Gasteiger partial charge in [-0.1, -0.05) is 104 Å². The van der Waals surface area contributed by atoms with Crippen molar-refractivity contribution in [1.82, 2.24) is 0 Å². The minimum atomic E-state index is -0.876. The van der Waals surface area contributed by atoms with Gasteiger partial charge in [-0.25, -0.2) is 0 Å². The van der Waals surface area contributed by atoms with Gasteiger partial charge in [0.25, 0.3) is 5.97 Å². The Morgan fingerprint density at radius 3 is 1.49 bits per heavy atom. The third-order valence-electron chi connectivity index (χ3n) is 9.14. The lowest BCUT2D eigenvalue weighted by atomic mass is 9.83. The lowest BCUT2D eigenvalue weighted by Crippen LogP contribution is -2.60. The van der Waals surface area contributed by atoms with Crippen molar-refractivity contribution in [1.29, 1.82) is 0 Å². The smallest absolute Gasteiger partial charge is 0.306 e. The summed E-state index contributed by atoms with van der Waals surface area (Å²) in [5, 5.41) is 0. The second-order valence-corrected chi connectivity index (χ2v) is 13.8. The Labute approximate surface area is 263 Å². The molecule has 0 spiro atoms. The number of rotatable bonds is 27. The highest BCUT2D eigenvalue weighted by molar-refractivity contribution is 5.69. The Morgan fingerprint density at radius 1 is 0.581 bits per heavy atom. The number of esters is 2. The zero-order valence-electron chi connectivity index (χ0n) is 28.4. The summed E-state index contributed by atoms with van der Waals surface area (Å²) in [6.07, 6.45) is 22.1. The van der Waals surface area contributed by atoms with Crippen molar-refractivity contribution in [2.75, 3.05) is 60.2 Å². The summed E-state index contributed by atoms with van der Waals surface area (Å²) in [7, 11) is 4.13. The molecule has 43 heavy (non-hydrogen) atoms. The van der Waals surface area contributed by atoms with Gasteiger partial charge in [-0.05, 0) is 19.3 Å². The number of hydrogen-bond donors (Lipinski definition) is 0. The normalized spacial score (nSPS) is 21.7. The van der Waals surface area contributed by atoms with Crippen molar-refractivity contribution in [3.63, 3.8) is 0 Å². The predicted octanol–water partition coefficient (Wildman–Crippen LogP) is 7.71. The van der Waals surface area contributed by atoms with Crippen molar-refractivity contribution in [3.05, 3.63) is 0 Å². The molecule has 3 aliphatic rings. The molecule has 8 heteroatoms. The highest BCUT2D eigenvalue weighted by atomic mass is 16.9. The van der Waals surface area contributed by atoms with Crippen LogP contribution in [0.5, 0.6) is 0 Å². The lowest BCUT2D eigenvalue weighted by Gasteiger charge is -2.52. The number of carbonyl (C=O) groups is 2. The van der Waals surface area contributed by atoms with E-state index in [1.54, 1.807) is 0 Å². The van der Waals surface area contributed by atoms with E-state index in [-0.39, 0.29) is 17.4 Å². The van der Waals surface area contributed by atoms with Crippen molar-refractivity contribution in [2.24, 2.45) is 5.41 Å². The lowest BCUT2D eigenvalue weighted by molar-refractivity contribution is -0.890. The van der Waals surface area contributed by atoms with Crippen LogP contribution in [0.4, 0.5) is 0 Å². The Hall–Kier alpha value is -1.22. The van der Waals surface area contributed by atoms with Crippen LogP contribution in [0.3, 0.4) is 0 Å². The van der Waals surface area contributed by atoms with Crippen LogP contribution in [-0.4, -0.2) is 82.6 Å². The van der Waals surface area contributed by atoms with Gasteiger partial charge >= 0.3 is 11.9 Å². The molecule has 2 bridgehead atoms. The van der Waals surface area contributed by atoms with Gasteiger partial charge in [0.15, 0.2) is 0 Å². The first-order valence-electron chi connectivity index (χ1n) is 17.8. The van der Waals surface area contributed by atoms with E-state index in [9.17, 15) is 9.59 Å². The number of hydrogen-bond acceptors (Lipinski definition) is 7. The van der Waals surface area contributed by atoms with E-state index < -0.39 is 5.97 Å². The van der Waals surface area contributed by atoms with Crippen LogP contribution in [0.15, 0.2) is 0 Å². The van der Waals surface area contributed by atoms with Crippen LogP contribution in [0, 0.1) is 5.41 Å². The maximum Gasteiger partial charge on any atom is 0.306 e. The van der Waals surface area contributed by atoms with E-state index in [0.29, 0.717) is 69.9 Å². The van der Waals surface area contributed by atoms with Crippen LogP contribution in [0.1, 0.15) is 142 Å². The van der Waals surface area contributed by atoms with Crippen molar-refractivity contribution in [3.8, 4) is 0 Å². The quantitative estimate of drug-likeness (QED) is 0.0534. The molecule has 3 rings (SSSR count). The van der Waals surface area contributed by atoms with Gasteiger partial charge in [-0.2, -0.15) is 0 Å². The van der Waals surface area contributed by atoms with E-state index in [0.717, 1.165) is 25.7 Å². The minimum absolute atomic E-state index is 0.103. The molecule has 0 radical (unpaired) electrons. The van der Waals surface area contributed by atoms with E-state index >= 15 is 0 Å². The average Bonchev–Trinajstić information content (AvgIpc) is 2.99. The number of nitrogens with zero attached hydrogens (tertiary/aromatic N) is 1. The molecule has 252 valence electrons. The van der Waals surface area contributed by atoms with Gasteiger partial charge in [0, 0.05) is 24.7 Å². The van der Waals surface area contributed by atoms with Crippen LogP contribution in [0.25, 0.3) is 0 Å². The van der Waals surface area contributed by atoms with Gasteiger partial charge in [-0.3, -0.25) is 9.59 Å². The molecule has 0 unspecified atom stereocenters. The maximum atomic E-state index is 12.5. The number of carbonyl (C=O) groups excluding carboxylic acids is 2. The fourth-order valence-electron chi connectivity index (χ4n) is 5.79. The molecule has 0 amide bonds. The molecule has 0 aromatic rings. The molecular weight excluding hydrogens is 546 g/mol. The first kappa shape index (κ1) is 38.0. The van der Waals surface area contributed by atoms with Crippen molar-refractivity contribution >= 4 is 11.9 Å². The molecule has 0 aromatic carbocycles. The Morgan fingerprint density at radius 2 is 1.00 bits per heavy atom. The van der Waals surface area contributed by atoms with Crippen molar-refractivity contribution in [2.45, 2.75) is 148 Å². The molecule has 0 aromatic heterocycles. The summed E-state index contributed by atoms with van der Waals surface area (Å²) in [6, 6.07) is 0. The number of quaternary nitrogens is 1. The highest BCUT2D eigenvalue weighted by Gasteiger charge is 2.52. The minimum Gasteiger partial charge on any atom is -0.460 e. The molecular formula is C35H66NO7+. The molecule has 3 heterocycles. The molecule has 0 aliphatic carbocycles. The first-order chi connectivity index (χ1) is 20.7. The van der Waals surface area contributed by atoms with Gasteiger partial charge in [0.2, 0.25) is 0 Å². The molecule has 0 N–H and O–H groups in total.